The van der Waals surface area contributed by atoms with Gasteiger partial charge in [-0.3, -0.25) is 4.72 Å². The van der Waals surface area contributed by atoms with E-state index in [0.717, 1.165) is 8.66 Å². The van der Waals surface area contributed by atoms with E-state index in [1.807, 2.05) is 0 Å². The number of sulfonamides is 1. The van der Waals surface area contributed by atoms with Gasteiger partial charge in [0.15, 0.2) is 0 Å². The van der Waals surface area contributed by atoms with Crippen molar-refractivity contribution >= 4 is 54.6 Å². The smallest absolute Gasteiger partial charge is 0.263 e. The van der Waals surface area contributed by atoms with Crippen LogP contribution >= 0.6 is 38.9 Å². The van der Waals surface area contributed by atoms with Gasteiger partial charge in [0.2, 0.25) is 0 Å². The Labute approximate surface area is 123 Å². The summed E-state index contributed by atoms with van der Waals surface area (Å²) in [5, 5.41) is 0.485. The fourth-order valence-corrected chi connectivity index (χ4v) is 5.11. The number of hydrogen-bond donors (Lipinski definition) is 1. The number of rotatable bonds is 3. The lowest BCUT2D eigenvalue weighted by molar-refractivity contribution is 0.601. The second kappa shape index (κ2) is 5.21. The van der Waals surface area contributed by atoms with Crippen LogP contribution < -0.4 is 4.72 Å². The summed E-state index contributed by atoms with van der Waals surface area (Å²) in [6, 6.07) is 8.19. The molecule has 1 aromatic carbocycles. The van der Waals surface area contributed by atoms with Gasteiger partial charge in [0.1, 0.15) is 4.90 Å². The molecule has 1 N–H and O–H groups in total. The van der Waals surface area contributed by atoms with Gasteiger partial charge >= 0.3 is 0 Å². The highest BCUT2D eigenvalue weighted by Gasteiger charge is 2.19. The molecule has 2 aromatic rings. The minimum atomic E-state index is -3.57. The van der Waals surface area contributed by atoms with Crippen LogP contribution in [0.15, 0.2) is 39.0 Å². The first-order chi connectivity index (χ1) is 8.38. The highest BCUT2D eigenvalue weighted by molar-refractivity contribution is 9.11. The Balaban J connectivity index is 2.36. The number of aryl methyl sites for hydroxylation is 1. The normalized spacial score (nSPS) is 11.5. The number of thiophene rings is 1. The van der Waals surface area contributed by atoms with Gasteiger partial charge in [-0.05, 0) is 47.1 Å². The van der Waals surface area contributed by atoms with Crippen molar-refractivity contribution in [2.45, 2.75) is 11.8 Å². The van der Waals surface area contributed by atoms with E-state index >= 15 is 0 Å². The van der Waals surface area contributed by atoms with Crippen LogP contribution in [0.3, 0.4) is 0 Å². The first-order valence-electron chi connectivity index (χ1n) is 4.93. The van der Waals surface area contributed by atoms with Crippen LogP contribution in [-0.2, 0) is 10.0 Å². The van der Waals surface area contributed by atoms with E-state index in [9.17, 15) is 8.42 Å². The van der Waals surface area contributed by atoms with E-state index in [-0.39, 0.29) is 4.90 Å². The lowest BCUT2D eigenvalue weighted by Gasteiger charge is -2.07. The summed E-state index contributed by atoms with van der Waals surface area (Å²) in [5.41, 5.74) is 0.448. The number of hydrogen-bond acceptors (Lipinski definition) is 3. The molecular formula is C11H9BrClNO2S2. The van der Waals surface area contributed by atoms with Crippen molar-refractivity contribution in [1.82, 2.24) is 0 Å². The largest absolute Gasteiger partial charge is 0.280 e. The Morgan fingerprint density at radius 2 is 2.06 bits per heavy atom. The number of nitrogens with one attached hydrogen (secondary N) is 1. The van der Waals surface area contributed by atoms with Gasteiger partial charge in [-0.1, -0.05) is 17.7 Å². The summed E-state index contributed by atoms with van der Waals surface area (Å²) in [4.78, 5) is 1.01. The summed E-state index contributed by atoms with van der Waals surface area (Å²) in [6.07, 6.45) is 0. The van der Waals surface area contributed by atoms with Crippen molar-refractivity contribution in [1.29, 1.82) is 0 Å². The molecule has 0 aliphatic rings. The van der Waals surface area contributed by atoms with Crippen LogP contribution in [0.1, 0.15) is 4.88 Å². The second-order valence-electron chi connectivity index (χ2n) is 3.59. The summed E-state index contributed by atoms with van der Waals surface area (Å²) < 4.78 is 27.6. The van der Waals surface area contributed by atoms with Gasteiger partial charge in [0, 0.05) is 9.90 Å². The third kappa shape index (κ3) is 3.06. The lowest BCUT2D eigenvalue weighted by Crippen LogP contribution is -2.12. The molecule has 0 atom stereocenters. The van der Waals surface area contributed by atoms with Gasteiger partial charge in [-0.2, -0.15) is 0 Å². The average molecular weight is 367 g/mol. The predicted octanol–water partition coefficient (Wildman–Crippen LogP) is 4.27. The fraction of sp³-hybridized carbons (Fsp3) is 0.0909. The number of halogens is 2. The standard InChI is InChI=1S/C11H9BrClNO2S2/c1-7-10(6-11(12)17-7)18(15,16)14-9-4-2-3-8(13)5-9/h2-6,14H,1H3. The van der Waals surface area contributed by atoms with Crippen LogP contribution in [0.4, 0.5) is 5.69 Å². The van der Waals surface area contributed by atoms with E-state index in [1.165, 1.54) is 11.3 Å². The molecule has 3 nitrogen and oxygen atoms in total. The monoisotopic (exact) mass is 365 g/mol. The molecule has 2 rings (SSSR count). The number of anilines is 1. The predicted molar refractivity (Wildman–Crippen MR) is 79.0 cm³/mol. The third-order valence-electron chi connectivity index (χ3n) is 2.21. The van der Waals surface area contributed by atoms with Crippen LogP contribution in [0, 0.1) is 6.92 Å². The zero-order valence-corrected chi connectivity index (χ0v) is 13.3. The zero-order chi connectivity index (χ0) is 13.3. The highest BCUT2D eigenvalue weighted by atomic mass is 79.9. The molecule has 0 saturated heterocycles. The maximum atomic E-state index is 12.2. The van der Waals surface area contributed by atoms with E-state index in [0.29, 0.717) is 10.7 Å². The Morgan fingerprint density at radius 3 is 2.61 bits per heavy atom. The average Bonchev–Trinajstić information content (AvgIpc) is 2.58. The van der Waals surface area contributed by atoms with Crippen LogP contribution in [0.25, 0.3) is 0 Å². The quantitative estimate of drug-likeness (QED) is 0.881. The zero-order valence-electron chi connectivity index (χ0n) is 9.28. The minimum absolute atomic E-state index is 0.277. The fourth-order valence-electron chi connectivity index (χ4n) is 1.46. The van der Waals surface area contributed by atoms with E-state index in [1.54, 1.807) is 37.3 Å². The molecule has 96 valence electrons. The Kier molecular flexibility index (Phi) is 4.01. The Morgan fingerprint density at radius 1 is 1.33 bits per heavy atom. The van der Waals surface area contributed by atoms with Crippen molar-refractivity contribution in [2.24, 2.45) is 0 Å². The van der Waals surface area contributed by atoms with Crippen molar-refractivity contribution in [3.8, 4) is 0 Å². The molecule has 1 aromatic heterocycles. The molecule has 0 saturated carbocycles. The van der Waals surface area contributed by atoms with Gasteiger partial charge in [0.25, 0.3) is 10.0 Å². The van der Waals surface area contributed by atoms with Gasteiger partial charge in [0.05, 0.1) is 9.47 Å². The van der Waals surface area contributed by atoms with Crippen molar-refractivity contribution in [3.05, 3.63) is 44.0 Å². The first kappa shape index (κ1) is 13.9. The van der Waals surface area contributed by atoms with E-state index < -0.39 is 10.0 Å². The molecule has 0 bridgehead atoms. The molecule has 0 amide bonds. The molecule has 18 heavy (non-hydrogen) atoms. The van der Waals surface area contributed by atoms with E-state index in [4.69, 9.17) is 11.6 Å². The SMILES string of the molecule is Cc1sc(Br)cc1S(=O)(=O)Nc1cccc(Cl)c1. The summed E-state index contributed by atoms with van der Waals surface area (Å²) >= 11 is 10.5. The Hall–Kier alpha value is -0.560. The third-order valence-corrected chi connectivity index (χ3v) is 5.63. The maximum Gasteiger partial charge on any atom is 0.263 e. The molecule has 0 unspecified atom stereocenters. The minimum Gasteiger partial charge on any atom is -0.280 e. The van der Waals surface area contributed by atoms with Crippen LogP contribution in [0.2, 0.25) is 5.02 Å². The molecule has 0 fully saturated rings. The summed E-state index contributed by atoms with van der Waals surface area (Å²) in [6.45, 7) is 1.77. The van der Waals surface area contributed by atoms with Gasteiger partial charge in [-0.25, -0.2) is 8.42 Å². The molecule has 0 spiro atoms. The van der Waals surface area contributed by atoms with E-state index in [2.05, 4.69) is 20.7 Å². The van der Waals surface area contributed by atoms with Crippen LogP contribution in [-0.4, -0.2) is 8.42 Å². The molecular weight excluding hydrogens is 358 g/mol. The summed E-state index contributed by atoms with van der Waals surface area (Å²) in [7, 11) is -3.57. The number of benzene rings is 1. The molecule has 0 aliphatic heterocycles. The Bertz CT molecular complexity index is 682. The topological polar surface area (TPSA) is 46.2 Å². The molecule has 0 aliphatic carbocycles. The molecule has 7 heteroatoms. The highest BCUT2D eigenvalue weighted by Crippen LogP contribution is 2.31. The molecule has 1 heterocycles. The van der Waals surface area contributed by atoms with Crippen LogP contribution in [0.5, 0.6) is 0 Å². The first-order valence-corrected chi connectivity index (χ1v) is 8.40. The lowest BCUT2D eigenvalue weighted by atomic mass is 10.3. The van der Waals surface area contributed by atoms with Crippen molar-refractivity contribution in [3.63, 3.8) is 0 Å². The van der Waals surface area contributed by atoms with Crippen molar-refractivity contribution < 1.29 is 8.42 Å². The molecule has 0 radical (unpaired) electrons. The summed E-state index contributed by atoms with van der Waals surface area (Å²) in [5.74, 6) is 0. The maximum absolute atomic E-state index is 12.2. The van der Waals surface area contributed by atoms with Gasteiger partial charge in [-0.15, -0.1) is 11.3 Å². The second-order valence-corrected chi connectivity index (χ2v) is 8.31. The van der Waals surface area contributed by atoms with Gasteiger partial charge < -0.3 is 0 Å². The van der Waals surface area contributed by atoms with Crippen molar-refractivity contribution in [2.75, 3.05) is 4.72 Å².